The molecular formula is C29H21NO. The molecule has 5 aromatic rings. The van der Waals surface area contributed by atoms with Crippen LogP contribution >= 0.6 is 0 Å². The minimum Gasteiger partial charge on any atom is -0.341 e. The molecule has 0 amide bonds. The molecule has 0 N–H and O–H groups in total. The second-order valence-electron chi connectivity index (χ2n) is 8.18. The largest absolute Gasteiger partial charge is 0.341 e. The quantitative estimate of drug-likeness (QED) is 0.305. The number of benzene rings is 4. The SMILES string of the molecule is CCn1c2ccccc2c2cc(C(=C=O)c3ccc4c(c3)Cc3ccccc3-4)ccc21. The van der Waals surface area contributed by atoms with Gasteiger partial charge in [0, 0.05) is 28.4 Å². The molecule has 0 aliphatic heterocycles. The maximum atomic E-state index is 12.1. The van der Waals surface area contributed by atoms with Crippen molar-refractivity contribution in [3.8, 4) is 11.1 Å². The summed E-state index contributed by atoms with van der Waals surface area (Å²) >= 11 is 0. The third kappa shape index (κ3) is 2.63. The first kappa shape index (κ1) is 17.9. The van der Waals surface area contributed by atoms with E-state index < -0.39 is 0 Å². The van der Waals surface area contributed by atoms with Crippen molar-refractivity contribution in [2.45, 2.75) is 19.9 Å². The van der Waals surface area contributed by atoms with Crippen LogP contribution in [-0.2, 0) is 17.8 Å². The van der Waals surface area contributed by atoms with Crippen molar-refractivity contribution in [2.75, 3.05) is 0 Å². The molecule has 148 valence electrons. The molecule has 1 aliphatic carbocycles. The summed E-state index contributed by atoms with van der Waals surface area (Å²) in [4.78, 5) is 12.1. The van der Waals surface area contributed by atoms with Crippen molar-refractivity contribution in [1.82, 2.24) is 4.57 Å². The number of aromatic nitrogens is 1. The minimum absolute atomic E-state index is 0.619. The van der Waals surface area contributed by atoms with E-state index in [-0.39, 0.29) is 0 Å². The van der Waals surface area contributed by atoms with Gasteiger partial charge in [-0.25, -0.2) is 4.79 Å². The summed E-state index contributed by atoms with van der Waals surface area (Å²) in [6, 6.07) is 29.7. The summed E-state index contributed by atoms with van der Waals surface area (Å²) in [5.74, 6) is 2.24. The van der Waals surface area contributed by atoms with Crippen LogP contribution in [0, 0.1) is 0 Å². The average molecular weight is 399 g/mol. The molecule has 1 heterocycles. The van der Waals surface area contributed by atoms with Gasteiger partial charge in [-0.3, -0.25) is 0 Å². The maximum absolute atomic E-state index is 12.1. The molecule has 0 fully saturated rings. The van der Waals surface area contributed by atoms with Gasteiger partial charge in [-0.15, -0.1) is 0 Å². The van der Waals surface area contributed by atoms with Crippen LogP contribution in [0.4, 0.5) is 0 Å². The van der Waals surface area contributed by atoms with Crippen molar-refractivity contribution in [3.05, 3.63) is 107 Å². The van der Waals surface area contributed by atoms with Gasteiger partial charge < -0.3 is 4.57 Å². The van der Waals surface area contributed by atoms with Gasteiger partial charge in [0.1, 0.15) is 5.94 Å². The first-order valence-electron chi connectivity index (χ1n) is 10.8. The fraction of sp³-hybridized carbons (Fsp3) is 0.103. The monoisotopic (exact) mass is 399 g/mol. The lowest BCUT2D eigenvalue weighted by atomic mass is 9.94. The van der Waals surface area contributed by atoms with E-state index in [2.05, 4.69) is 102 Å². The fourth-order valence-electron chi connectivity index (χ4n) is 5.14. The van der Waals surface area contributed by atoms with E-state index in [0.717, 1.165) is 24.1 Å². The van der Waals surface area contributed by atoms with Crippen LogP contribution in [0.25, 0.3) is 38.5 Å². The Morgan fingerprint density at radius 3 is 2.35 bits per heavy atom. The third-order valence-corrected chi connectivity index (χ3v) is 6.56. The van der Waals surface area contributed by atoms with Crippen molar-refractivity contribution >= 4 is 33.3 Å². The molecular weight excluding hydrogens is 378 g/mol. The molecule has 0 saturated carbocycles. The molecule has 0 atom stereocenters. The summed E-state index contributed by atoms with van der Waals surface area (Å²) in [6.45, 7) is 3.07. The van der Waals surface area contributed by atoms with E-state index in [1.165, 1.54) is 44.1 Å². The fourth-order valence-corrected chi connectivity index (χ4v) is 5.14. The van der Waals surface area contributed by atoms with Crippen LogP contribution in [0.1, 0.15) is 29.2 Å². The molecule has 2 heteroatoms. The average Bonchev–Trinajstić information content (AvgIpc) is 3.34. The van der Waals surface area contributed by atoms with E-state index >= 15 is 0 Å². The molecule has 0 saturated heterocycles. The Kier molecular flexibility index (Phi) is 3.96. The summed E-state index contributed by atoms with van der Waals surface area (Å²) in [7, 11) is 0. The highest BCUT2D eigenvalue weighted by Crippen LogP contribution is 2.39. The van der Waals surface area contributed by atoms with Crippen molar-refractivity contribution in [3.63, 3.8) is 0 Å². The van der Waals surface area contributed by atoms with E-state index in [1.807, 2.05) is 0 Å². The zero-order valence-electron chi connectivity index (χ0n) is 17.4. The van der Waals surface area contributed by atoms with Crippen LogP contribution in [0.2, 0.25) is 0 Å². The smallest absolute Gasteiger partial charge is 0.133 e. The highest BCUT2D eigenvalue weighted by Gasteiger charge is 2.20. The number of carbonyl (C=O) groups excluding carboxylic acids is 1. The Bertz CT molecular complexity index is 1550. The van der Waals surface area contributed by atoms with Gasteiger partial charge in [0.2, 0.25) is 0 Å². The summed E-state index contributed by atoms with van der Waals surface area (Å²) in [6.07, 6.45) is 0.911. The minimum atomic E-state index is 0.619. The van der Waals surface area contributed by atoms with Gasteiger partial charge in [0.25, 0.3) is 0 Å². The standard InChI is InChI=1S/C29H21NO/c1-2-30-28-10-6-5-9-25(28)26-17-21(12-14-29(26)30)27(18-31)20-11-13-24-22(16-20)15-19-7-3-4-8-23(19)24/h3-14,16-17H,2,15H2,1H3. The lowest BCUT2D eigenvalue weighted by molar-refractivity contribution is 0.569. The lowest BCUT2D eigenvalue weighted by Gasteiger charge is -2.08. The molecule has 31 heavy (non-hydrogen) atoms. The summed E-state index contributed by atoms with van der Waals surface area (Å²) in [5, 5.41) is 2.40. The van der Waals surface area contributed by atoms with E-state index in [9.17, 15) is 4.79 Å². The Hall–Kier alpha value is -3.87. The van der Waals surface area contributed by atoms with Crippen LogP contribution in [0.15, 0.2) is 84.9 Å². The maximum Gasteiger partial charge on any atom is 0.133 e. The van der Waals surface area contributed by atoms with Crippen LogP contribution < -0.4 is 0 Å². The van der Waals surface area contributed by atoms with Crippen molar-refractivity contribution in [2.24, 2.45) is 0 Å². The van der Waals surface area contributed by atoms with Crippen molar-refractivity contribution in [1.29, 1.82) is 0 Å². The van der Waals surface area contributed by atoms with E-state index in [4.69, 9.17) is 0 Å². The van der Waals surface area contributed by atoms with Gasteiger partial charge in [-0.05, 0) is 71.0 Å². The highest BCUT2D eigenvalue weighted by molar-refractivity contribution is 6.10. The highest BCUT2D eigenvalue weighted by atomic mass is 16.1. The van der Waals surface area contributed by atoms with E-state index in [1.54, 1.807) is 0 Å². The number of rotatable bonds is 3. The summed E-state index contributed by atoms with van der Waals surface area (Å²) in [5.41, 5.74) is 10.1. The number of para-hydroxylation sites is 1. The normalized spacial score (nSPS) is 12.0. The first-order valence-corrected chi connectivity index (χ1v) is 10.8. The zero-order valence-corrected chi connectivity index (χ0v) is 17.4. The molecule has 0 spiro atoms. The van der Waals surface area contributed by atoms with Gasteiger partial charge >= 0.3 is 0 Å². The number of nitrogens with zero attached hydrogens (tertiary/aromatic N) is 1. The second-order valence-corrected chi connectivity index (χ2v) is 8.18. The molecule has 1 aliphatic rings. The first-order chi connectivity index (χ1) is 15.3. The molecule has 0 unspecified atom stereocenters. The van der Waals surface area contributed by atoms with Crippen LogP contribution in [-0.4, -0.2) is 10.5 Å². The Balaban J connectivity index is 1.49. The molecule has 4 aromatic carbocycles. The van der Waals surface area contributed by atoms with Crippen molar-refractivity contribution < 1.29 is 4.79 Å². The van der Waals surface area contributed by atoms with Crippen LogP contribution in [0.5, 0.6) is 0 Å². The molecule has 1 aromatic heterocycles. The lowest BCUT2D eigenvalue weighted by Crippen LogP contribution is -1.94. The number of fused-ring (bicyclic) bond motifs is 6. The second kappa shape index (κ2) is 6.84. The number of hydrogen-bond acceptors (Lipinski definition) is 1. The van der Waals surface area contributed by atoms with Gasteiger partial charge in [0.05, 0.1) is 5.57 Å². The van der Waals surface area contributed by atoms with Gasteiger partial charge in [-0.2, -0.15) is 0 Å². The molecule has 0 bridgehead atoms. The van der Waals surface area contributed by atoms with Gasteiger partial charge in [-0.1, -0.05) is 60.7 Å². The van der Waals surface area contributed by atoms with Crippen LogP contribution in [0.3, 0.4) is 0 Å². The Morgan fingerprint density at radius 1 is 0.774 bits per heavy atom. The Labute approximate surface area is 181 Å². The number of aryl methyl sites for hydroxylation is 1. The zero-order chi connectivity index (χ0) is 20.9. The predicted octanol–water partition coefficient (Wildman–Crippen LogP) is 6.65. The third-order valence-electron chi connectivity index (χ3n) is 6.56. The molecule has 6 rings (SSSR count). The van der Waals surface area contributed by atoms with Gasteiger partial charge in [0.15, 0.2) is 0 Å². The van der Waals surface area contributed by atoms with E-state index in [0.29, 0.717) is 5.57 Å². The molecule has 2 nitrogen and oxygen atoms in total. The Morgan fingerprint density at radius 2 is 1.48 bits per heavy atom. The summed E-state index contributed by atoms with van der Waals surface area (Å²) < 4.78 is 2.32. The number of hydrogen-bond donors (Lipinski definition) is 0. The molecule has 0 radical (unpaired) electrons. The topological polar surface area (TPSA) is 22.0 Å². The predicted molar refractivity (Wildman–Crippen MR) is 128 cm³/mol.